The Hall–Kier alpha value is -3.80. The zero-order valence-electron chi connectivity index (χ0n) is 16.0. The fraction of sp³-hybridized carbons (Fsp3) is 0.130. The van der Waals surface area contributed by atoms with Gasteiger partial charge in [0, 0.05) is 35.9 Å². The number of nitrogens with one attached hydrogen (secondary N) is 2. The molecule has 2 amide bonds. The van der Waals surface area contributed by atoms with E-state index in [-0.39, 0.29) is 17.6 Å². The topological polar surface area (TPSA) is 76.3 Å². The molecule has 0 saturated heterocycles. The minimum absolute atomic E-state index is 0.108. The summed E-state index contributed by atoms with van der Waals surface area (Å²) in [4.78, 5) is 24.7. The first-order valence-corrected chi connectivity index (χ1v) is 9.45. The molecule has 2 aromatic carbocycles. The Balaban J connectivity index is 1.40. The van der Waals surface area contributed by atoms with E-state index in [9.17, 15) is 9.59 Å². The maximum absolute atomic E-state index is 12.7. The van der Waals surface area contributed by atoms with Crippen molar-refractivity contribution in [2.75, 3.05) is 5.32 Å². The summed E-state index contributed by atoms with van der Waals surface area (Å²) in [6.07, 6.45) is 3.35. The van der Waals surface area contributed by atoms with Gasteiger partial charge in [0.25, 0.3) is 11.8 Å². The first-order chi connectivity index (χ1) is 14.2. The van der Waals surface area contributed by atoms with E-state index in [1.54, 1.807) is 24.3 Å². The van der Waals surface area contributed by atoms with Crippen molar-refractivity contribution in [2.45, 2.75) is 20.0 Å². The molecule has 0 unspecified atom stereocenters. The minimum Gasteiger partial charge on any atom is -0.459 e. The number of rotatable bonds is 6. The summed E-state index contributed by atoms with van der Waals surface area (Å²) in [5.41, 5.74) is 3.32. The number of furan rings is 1. The second-order valence-electron chi connectivity index (χ2n) is 6.66. The first kappa shape index (κ1) is 18.6. The van der Waals surface area contributed by atoms with E-state index in [0.29, 0.717) is 17.8 Å². The number of carbonyl (C=O) groups excluding carboxylic acids is 2. The van der Waals surface area contributed by atoms with Gasteiger partial charge in [0.05, 0.1) is 11.8 Å². The van der Waals surface area contributed by atoms with Gasteiger partial charge in [-0.05, 0) is 42.8 Å². The molecule has 0 spiro atoms. The van der Waals surface area contributed by atoms with Crippen LogP contribution in [0, 0.1) is 0 Å². The lowest BCUT2D eigenvalue weighted by Gasteiger charge is -2.07. The zero-order valence-corrected chi connectivity index (χ0v) is 16.0. The van der Waals surface area contributed by atoms with Gasteiger partial charge in [-0.3, -0.25) is 9.59 Å². The van der Waals surface area contributed by atoms with Crippen molar-refractivity contribution in [1.82, 2.24) is 9.88 Å². The molecular formula is C23H21N3O3. The van der Waals surface area contributed by atoms with Crippen LogP contribution in [0.1, 0.15) is 33.4 Å². The van der Waals surface area contributed by atoms with Crippen molar-refractivity contribution in [3.63, 3.8) is 0 Å². The second kappa shape index (κ2) is 8.06. The number of carbonyl (C=O) groups is 2. The van der Waals surface area contributed by atoms with E-state index in [2.05, 4.69) is 22.1 Å². The van der Waals surface area contributed by atoms with E-state index in [1.807, 2.05) is 42.6 Å². The fourth-order valence-electron chi connectivity index (χ4n) is 3.27. The monoisotopic (exact) mass is 387 g/mol. The Morgan fingerprint density at radius 2 is 1.76 bits per heavy atom. The van der Waals surface area contributed by atoms with E-state index >= 15 is 0 Å². The molecule has 29 heavy (non-hydrogen) atoms. The number of benzene rings is 2. The number of hydrogen-bond acceptors (Lipinski definition) is 3. The highest BCUT2D eigenvalue weighted by molar-refractivity contribution is 6.07. The summed E-state index contributed by atoms with van der Waals surface area (Å²) >= 11 is 0. The third-order valence-corrected chi connectivity index (χ3v) is 4.78. The van der Waals surface area contributed by atoms with Gasteiger partial charge in [0.15, 0.2) is 5.76 Å². The molecule has 2 aromatic heterocycles. The van der Waals surface area contributed by atoms with E-state index in [0.717, 1.165) is 23.0 Å². The molecule has 2 heterocycles. The summed E-state index contributed by atoms with van der Waals surface area (Å²) in [6, 6.07) is 18.5. The van der Waals surface area contributed by atoms with Gasteiger partial charge in [-0.1, -0.05) is 30.3 Å². The maximum atomic E-state index is 12.7. The van der Waals surface area contributed by atoms with Gasteiger partial charge < -0.3 is 19.6 Å². The lowest BCUT2D eigenvalue weighted by atomic mass is 10.1. The van der Waals surface area contributed by atoms with Gasteiger partial charge in [-0.2, -0.15) is 0 Å². The number of nitrogens with zero attached hydrogens (tertiary/aromatic N) is 1. The molecule has 0 saturated carbocycles. The Kier molecular flexibility index (Phi) is 5.16. The molecule has 0 aliphatic rings. The molecule has 0 radical (unpaired) electrons. The molecule has 2 N–H and O–H groups in total. The smallest absolute Gasteiger partial charge is 0.291 e. The molecule has 146 valence electrons. The molecule has 0 bridgehead atoms. The van der Waals surface area contributed by atoms with Crippen LogP contribution in [0.3, 0.4) is 0 Å². The van der Waals surface area contributed by atoms with Crippen molar-refractivity contribution in [3.8, 4) is 0 Å². The summed E-state index contributed by atoms with van der Waals surface area (Å²) in [6.45, 7) is 3.26. The molecule has 0 fully saturated rings. The van der Waals surface area contributed by atoms with Gasteiger partial charge in [0.2, 0.25) is 0 Å². The van der Waals surface area contributed by atoms with Crippen LogP contribution in [0.5, 0.6) is 0 Å². The largest absolute Gasteiger partial charge is 0.459 e. The molecule has 6 heteroatoms. The van der Waals surface area contributed by atoms with Crippen LogP contribution >= 0.6 is 0 Å². The Morgan fingerprint density at radius 3 is 2.48 bits per heavy atom. The lowest BCUT2D eigenvalue weighted by Crippen LogP contribution is -2.22. The van der Waals surface area contributed by atoms with Crippen molar-refractivity contribution < 1.29 is 14.0 Å². The Bertz CT molecular complexity index is 1140. The molecule has 6 nitrogen and oxygen atoms in total. The van der Waals surface area contributed by atoms with Crippen LogP contribution in [0.2, 0.25) is 0 Å². The van der Waals surface area contributed by atoms with Crippen LogP contribution < -0.4 is 10.6 Å². The number of para-hydroxylation sites is 1. The molecule has 4 rings (SSSR count). The minimum atomic E-state index is -0.302. The van der Waals surface area contributed by atoms with Crippen LogP contribution in [0.4, 0.5) is 5.69 Å². The maximum Gasteiger partial charge on any atom is 0.291 e. The molecule has 0 atom stereocenters. The average Bonchev–Trinajstić information content (AvgIpc) is 3.41. The summed E-state index contributed by atoms with van der Waals surface area (Å²) in [5.74, 6) is -0.153. The second-order valence-corrected chi connectivity index (χ2v) is 6.66. The third-order valence-electron chi connectivity index (χ3n) is 4.78. The first-order valence-electron chi connectivity index (χ1n) is 9.45. The summed E-state index contributed by atoms with van der Waals surface area (Å²) in [5, 5.41) is 6.69. The predicted molar refractivity (Wildman–Crippen MR) is 112 cm³/mol. The number of anilines is 1. The molecule has 0 aliphatic heterocycles. The SMILES string of the molecule is CCn1cc(C(=O)NCc2ccc(NC(=O)c3ccco3)cc2)c2ccccc21. The standard InChI is InChI=1S/C23H21N3O3/c1-2-26-15-19(18-6-3-4-7-20(18)26)22(27)24-14-16-9-11-17(12-10-16)25-23(28)21-8-5-13-29-21/h3-13,15H,2,14H2,1H3,(H,24,27)(H,25,28). The predicted octanol–water partition coefficient (Wildman–Crippen LogP) is 4.44. The number of amides is 2. The van der Waals surface area contributed by atoms with E-state index in [1.165, 1.54) is 6.26 Å². The van der Waals surface area contributed by atoms with E-state index < -0.39 is 0 Å². The van der Waals surface area contributed by atoms with Crippen molar-refractivity contribution in [3.05, 3.63) is 90.0 Å². The zero-order chi connectivity index (χ0) is 20.2. The normalized spacial score (nSPS) is 10.8. The third kappa shape index (κ3) is 3.91. The average molecular weight is 387 g/mol. The Morgan fingerprint density at radius 1 is 0.966 bits per heavy atom. The Labute approximate surface area is 168 Å². The van der Waals surface area contributed by atoms with Crippen LogP contribution in [-0.4, -0.2) is 16.4 Å². The summed E-state index contributed by atoms with van der Waals surface area (Å²) in [7, 11) is 0. The van der Waals surface area contributed by atoms with Gasteiger partial charge in [0.1, 0.15) is 0 Å². The quantitative estimate of drug-likeness (QED) is 0.514. The molecular weight excluding hydrogens is 366 g/mol. The highest BCUT2D eigenvalue weighted by atomic mass is 16.3. The number of aromatic nitrogens is 1. The van der Waals surface area contributed by atoms with E-state index in [4.69, 9.17) is 4.42 Å². The van der Waals surface area contributed by atoms with Crippen LogP contribution in [-0.2, 0) is 13.1 Å². The van der Waals surface area contributed by atoms with Gasteiger partial charge >= 0.3 is 0 Å². The van der Waals surface area contributed by atoms with Gasteiger partial charge in [-0.25, -0.2) is 0 Å². The van der Waals surface area contributed by atoms with Crippen molar-refractivity contribution >= 4 is 28.4 Å². The lowest BCUT2D eigenvalue weighted by molar-refractivity contribution is 0.0951. The number of aryl methyl sites for hydroxylation is 1. The van der Waals surface area contributed by atoms with Crippen molar-refractivity contribution in [2.24, 2.45) is 0 Å². The van der Waals surface area contributed by atoms with Crippen LogP contribution in [0.15, 0.2) is 77.5 Å². The highest BCUT2D eigenvalue weighted by Gasteiger charge is 2.14. The molecule has 0 aliphatic carbocycles. The number of fused-ring (bicyclic) bond motifs is 1. The van der Waals surface area contributed by atoms with Gasteiger partial charge in [-0.15, -0.1) is 0 Å². The summed E-state index contributed by atoms with van der Waals surface area (Å²) < 4.78 is 7.15. The highest BCUT2D eigenvalue weighted by Crippen LogP contribution is 2.21. The number of hydrogen-bond donors (Lipinski definition) is 2. The van der Waals surface area contributed by atoms with Crippen LogP contribution in [0.25, 0.3) is 10.9 Å². The molecule has 4 aromatic rings. The van der Waals surface area contributed by atoms with Crippen molar-refractivity contribution in [1.29, 1.82) is 0 Å². The fourth-order valence-corrected chi connectivity index (χ4v) is 3.27.